The van der Waals surface area contributed by atoms with Crippen LogP contribution in [-0.2, 0) is 17.6 Å². The van der Waals surface area contributed by atoms with Gasteiger partial charge in [-0.1, -0.05) is 19.1 Å². The van der Waals surface area contributed by atoms with Crippen LogP contribution in [0.15, 0.2) is 18.2 Å². The summed E-state index contributed by atoms with van der Waals surface area (Å²) in [6.45, 7) is 2.86. The van der Waals surface area contributed by atoms with Crippen LogP contribution in [-0.4, -0.2) is 12.5 Å². The Kier molecular flexibility index (Phi) is 5.60. The molecule has 0 radical (unpaired) electrons. The van der Waals surface area contributed by atoms with Crippen molar-refractivity contribution in [3.8, 4) is 0 Å². The number of amides is 1. The van der Waals surface area contributed by atoms with Crippen molar-refractivity contribution >= 4 is 11.6 Å². The molecule has 1 amide bonds. The van der Waals surface area contributed by atoms with Crippen LogP contribution in [0.2, 0.25) is 0 Å². The van der Waals surface area contributed by atoms with Crippen molar-refractivity contribution in [3.05, 3.63) is 29.3 Å². The second kappa shape index (κ2) is 7.44. The van der Waals surface area contributed by atoms with Crippen LogP contribution in [0, 0.1) is 5.92 Å². The van der Waals surface area contributed by atoms with Gasteiger partial charge < -0.3 is 11.1 Å². The number of benzene rings is 1. The van der Waals surface area contributed by atoms with E-state index >= 15 is 0 Å². The third-order valence-electron chi connectivity index (χ3n) is 4.19. The molecule has 0 saturated heterocycles. The average Bonchev–Trinajstić information content (AvgIpc) is 2.46. The summed E-state index contributed by atoms with van der Waals surface area (Å²) in [5.41, 5.74) is 9.32. The molecule has 1 aromatic rings. The lowest BCUT2D eigenvalue weighted by Crippen LogP contribution is -2.16. The summed E-state index contributed by atoms with van der Waals surface area (Å²) in [6.07, 6.45) is 7.23. The minimum Gasteiger partial charge on any atom is -0.330 e. The second-order valence-corrected chi connectivity index (χ2v) is 5.92. The summed E-state index contributed by atoms with van der Waals surface area (Å²) in [5.74, 6) is 0.656. The zero-order valence-corrected chi connectivity index (χ0v) is 12.5. The van der Waals surface area contributed by atoms with E-state index in [-0.39, 0.29) is 5.91 Å². The number of carbonyl (C=O) groups is 1. The SMILES string of the molecule is CC(CCN)CCC(=O)Nc1cccc2c1CCCC2. The number of rotatable bonds is 6. The summed E-state index contributed by atoms with van der Waals surface area (Å²) < 4.78 is 0. The maximum absolute atomic E-state index is 12.1. The first-order valence-corrected chi connectivity index (χ1v) is 7.81. The Morgan fingerprint density at radius 2 is 2.10 bits per heavy atom. The Balaban J connectivity index is 1.91. The summed E-state index contributed by atoms with van der Waals surface area (Å²) in [6, 6.07) is 6.27. The second-order valence-electron chi connectivity index (χ2n) is 5.92. The molecular formula is C17H26N2O. The van der Waals surface area contributed by atoms with Crippen molar-refractivity contribution in [1.82, 2.24) is 0 Å². The molecule has 1 aliphatic rings. The average molecular weight is 274 g/mol. The molecule has 2 rings (SSSR count). The lowest BCUT2D eigenvalue weighted by atomic mass is 9.90. The molecule has 1 aliphatic carbocycles. The van der Waals surface area contributed by atoms with Gasteiger partial charge in [-0.3, -0.25) is 4.79 Å². The molecule has 110 valence electrons. The van der Waals surface area contributed by atoms with E-state index in [0.717, 1.165) is 31.4 Å². The van der Waals surface area contributed by atoms with Crippen LogP contribution >= 0.6 is 0 Å². The molecule has 0 aliphatic heterocycles. The number of hydrogen-bond acceptors (Lipinski definition) is 2. The van der Waals surface area contributed by atoms with Gasteiger partial charge >= 0.3 is 0 Å². The molecule has 0 bridgehead atoms. The normalized spacial score (nSPS) is 15.5. The van der Waals surface area contributed by atoms with Gasteiger partial charge in [0.05, 0.1) is 0 Å². The Hall–Kier alpha value is -1.35. The van der Waals surface area contributed by atoms with Crippen molar-refractivity contribution in [2.24, 2.45) is 11.7 Å². The van der Waals surface area contributed by atoms with Crippen molar-refractivity contribution < 1.29 is 4.79 Å². The summed E-state index contributed by atoms with van der Waals surface area (Å²) in [7, 11) is 0. The molecule has 0 fully saturated rings. The third-order valence-corrected chi connectivity index (χ3v) is 4.19. The largest absolute Gasteiger partial charge is 0.330 e. The van der Waals surface area contributed by atoms with E-state index in [4.69, 9.17) is 5.73 Å². The maximum atomic E-state index is 12.1. The zero-order chi connectivity index (χ0) is 14.4. The maximum Gasteiger partial charge on any atom is 0.224 e. The van der Waals surface area contributed by atoms with E-state index in [0.29, 0.717) is 18.9 Å². The van der Waals surface area contributed by atoms with E-state index < -0.39 is 0 Å². The van der Waals surface area contributed by atoms with Crippen molar-refractivity contribution in [3.63, 3.8) is 0 Å². The van der Waals surface area contributed by atoms with Gasteiger partial charge in [-0.2, -0.15) is 0 Å². The highest BCUT2D eigenvalue weighted by Gasteiger charge is 2.14. The van der Waals surface area contributed by atoms with E-state index in [1.165, 1.54) is 24.0 Å². The molecule has 0 spiro atoms. The van der Waals surface area contributed by atoms with Gasteiger partial charge in [-0.15, -0.1) is 0 Å². The number of nitrogens with one attached hydrogen (secondary N) is 1. The minimum absolute atomic E-state index is 0.132. The molecule has 0 aromatic heterocycles. The Bertz CT molecular complexity index is 456. The van der Waals surface area contributed by atoms with Crippen molar-refractivity contribution in [2.45, 2.75) is 51.9 Å². The van der Waals surface area contributed by atoms with Crippen LogP contribution in [0.3, 0.4) is 0 Å². The first-order valence-electron chi connectivity index (χ1n) is 7.81. The Labute approximate surface area is 121 Å². The summed E-state index contributed by atoms with van der Waals surface area (Å²) in [4.78, 5) is 12.1. The predicted molar refractivity (Wildman–Crippen MR) is 83.8 cm³/mol. The molecule has 0 heterocycles. The molecule has 0 saturated carbocycles. The van der Waals surface area contributed by atoms with Gasteiger partial charge in [-0.05, 0) is 68.2 Å². The molecule has 1 atom stereocenters. The lowest BCUT2D eigenvalue weighted by Gasteiger charge is -2.19. The third kappa shape index (κ3) is 4.07. The van der Waals surface area contributed by atoms with E-state index in [2.05, 4.69) is 24.4 Å². The first kappa shape index (κ1) is 15.0. The first-order chi connectivity index (χ1) is 9.70. The van der Waals surface area contributed by atoms with Crippen LogP contribution in [0.25, 0.3) is 0 Å². The number of anilines is 1. The van der Waals surface area contributed by atoms with Crippen LogP contribution in [0.5, 0.6) is 0 Å². The highest BCUT2D eigenvalue weighted by Crippen LogP contribution is 2.28. The fourth-order valence-electron chi connectivity index (χ4n) is 2.92. The fraction of sp³-hybridized carbons (Fsp3) is 0.588. The number of hydrogen-bond donors (Lipinski definition) is 2. The fourth-order valence-corrected chi connectivity index (χ4v) is 2.92. The summed E-state index contributed by atoms with van der Waals surface area (Å²) in [5, 5.41) is 3.10. The van der Waals surface area contributed by atoms with Crippen molar-refractivity contribution in [2.75, 3.05) is 11.9 Å². The molecule has 3 heteroatoms. The van der Waals surface area contributed by atoms with Crippen LogP contribution in [0.1, 0.15) is 50.2 Å². The lowest BCUT2D eigenvalue weighted by molar-refractivity contribution is -0.116. The highest BCUT2D eigenvalue weighted by molar-refractivity contribution is 5.91. The Morgan fingerprint density at radius 1 is 1.30 bits per heavy atom. The van der Waals surface area contributed by atoms with Crippen LogP contribution in [0.4, 0.5) is 5.69 Å². The highest BCUT2D eigenvalue weighted by atomic mass is 16.1. The predicted octanol–water partition coefficient (Wildman–Crippen LogP) is 3.27. The van der Waals surface area contributed by atoms with Gasteiger partial charge in [0.15, 0.2) is 0 Å². The zero-order valence-electron chi connectivity index (χ0n) is 12.5. The molecule has 1 unspecified atom stereocenters. The van der Waals surface area contributed by atoms with Gasteiger partial charge in [-0.25, -0.2) is 0 Å². The van der Waals surface area contributed by atoms with E-state index in [9.17, 15) is 4.79 Å². The van der Waals surface area contributed by atoms with Gasteiger partial charge in [0.25, 0.3) is 0 Å². The standard InChI is InChI=1S/C17H26N2O/c1-13(11-12-18)9-10-17(20)19-16-8-4-6-14-5-2-3-7-15(14)16/h4,6,8,13H,2-3,5,7,9-12,18H2,1H3,(H,19,20). The van der Waals surface area contributed by atoms with E-state index in [1.807, 2.05) is 6.07 Å². The minimum atomic E-state index is 0.132. The van der Waals surface area contributed by atoms with Crippen molar-refractivity contribution in [1.29, 1.82) is 0 Å². The molecule has 20 heavy (non-hydrogen) atoms. The molecule has 3 nitrogen and oxygen atoms in total. The summed E-state index contributed by atoms with van der Waals surface area (Å²) >= 11 is 0. The van der Waals surface area contributed by atoms with E-state index in [1.54, 1.807) is 0 Å². The number of aryl methyl sites for hydroxylation is 1. The molecule has 1 aromatic carbocycles. The smallest absolute Gasteiger partial charge is 0.224 e. The molecular weight excluding hydrogens is 248 g/mol. The monoisotopic (exact) mass is 274 g/mol. The number of fused-ring (bicyclic) bond motifs is 1. The number of nitrogens with two attached hydrogens (primary N) is 1. The van der Waals surface area contributed by atoms with Gasteiger partial charge in [0, 0.05) is 12.1 Å². The Morgan fingerprint density at radius 3 is 2.90 bits per heavy atom. The topological polar surface area (TPSA) is 55.1 Å². The number of carbonyl (C=O) groups excluding carboxylic acids is 1. The van der Waals surface area contributed by atoms with Crippen LogP contribution < -0.4 is 11.1 Å². The van der Waals surface area contributed by atoms with Gasteiger partial charge in [0.1, 0.15) is 0 Å². The quantitative estimate of drug-likeness (QED) is 0.836. The molecule has 3 N–H and O–H groups in total. The van der Waals surface area contributed by atoms with Gasteiger partial charge in [0.2, 0.25) is 5.91 Å².